The Hall–Kier alpha value is -0.900. The lowest BCUT2D eigenvalue weighted by Gasteiger charge is -2.22. The van der Waals surface area contributed by atoms with Crippen molar-refractivity contribution in [2.24, 2.45) is 0 Å². The summed E-state index contributed by atoms with van der Waals surface area (Å²) in [4.78, 5) is 0. The van der Waals surface area contributed by atoms with Crippen LogP contribution < -0.4 is 0 Å². The zero-order valence-electron chi connectivity index (χ0n) is 10.8. The molecule has 3 nitrogen and oxygen atoms in total. The van der Waals surface area contributed by atoms with Gasteiger partial charge >= 0.3 is 0 Å². The van der Waals surface area contributed by atoms with Crippen molar-refractivity contribution in [1.29, 1.82) is 0 Å². The van der Waals surface area contributed by atoms with E-state index in [1.165, 1.54) is 12.8 Å². The molecule has 1 N–H and O–H groups in total. The summed E-state index contributed by atoms with van der Waals surface area (Å²) in [5.74, 6) is 0. The largest absolute Gasteiger partial charge is 0.388 e. The highest BCUT2D eigenvalue weighted by Crippen LogP contribution is 2.16. The summed E-state index contributed by atoms with van der Waals surface area (Å²) >= 11 is 0. The molecule has 18 heavy (non-hydrogen) atoms. The van der Waals surface area contributed by atoms with Crippen LogP contribution in [0.15, 0.2) is 30.3 Å². The molecule has 0 spiro atoms. The van der Waals surface area contributed by atoms with Gasteiger partial charge < -0.3 is 14.6 Å². The molecule has 0 bridgehead atoms. The normalized spacial score (nSPS) is 21.7. The van der Waals surface area contributed by atoms with Gasteiger partial charge in [0.1, 0.15) is 0 Å². The quantitative estimate of drug-likeness (QED) is 0.789. The molecule has 1 saturated heterocycles. The molecule has 0 aromatic heterocycles. The molecule has 1 fully saturated rings. The van der Waals surface area contributed by atoms with Gasteiger partial charge in [0, 0.05) is 19.6 Å². The molecule has 100 valence electrons. The van der Waals surface area contributed by atoms with E-state index < -0.39 is 6.10 Å². The van der Waals surface area contributed by atoms with E-state index in [0.29, 0.717) is 19.6 Å². The molecular formula is C15H22O3. The third kappa shape index (κ3) is 4.41. The van der Waals surface area contributed by atoms with Gasteiger partial charge in [-0.1, -0.05) is 30.3 Å². The van der Waals surface area contributed by atoms with Gasteiger partial charge in [-0.25, -0.2) is 0 Å². The van der Waals surface area contributed by atoms with E-state index >= 15 is 0 Å². The fraction of sp³-hybridized carbons (Fsp3) is 0.600. The highest BCUT2D eigenvalue weighted by Gasteiger charge is 2.14. The second kappa shape index (κ2) is 7.52. The van der Waals surface area contributed by atoms with E-state index in [1.807, 2.05) is 30.3 Å². The predicted octanol–water partition coefficient (Wildman–Crippen LogP) is 2.70. The average molecular weight is 250 g/mol. The maximum atomic E-state index is 9.95. The van der Waals surface area contributed by atoms with Crippen LogP contribution in [0.25, 0.3) is 0 Å². The Bertz CT molecular complexity index is 320. The number of rotatable bonds is 6. The second-order valence-electron chi connectivity index (χ2n) is 4.78. The van der Waals surface area contributed by atoms with Gasteiger partial charge in [0.15, 0.2) is 0 Å². The maximum Gasteiger partial charge on any atom is 0.0812 e. The summed E-state index contributed by atoms with van der Waals surface area (Å²) in [5, 5.41) is 9.95. The molecule has 2 atom stereocenters. The molecule has 3 heteroatoms. The van der Waals surface area contributed by atoms with Gasteiger partial charge in [-0.2, -0.15) is 0 Å². The first-order valence-corrected chi connectivity index (χ1v) is 6.78. The van der Waals surface area contributed by atoms with Crippen molar-refractivity contribution in [2.45, 2.75) is 37.9 Å². The molecule has 1 aliphatic heterocycles. The summed E-state index contributed by atoms with van der Waals surface area (Å²) in [6, 6.07) is 9.71. The maximum absolute atomic E-state index is 9.95. The molecular weight excluding hydrogens is 228 g/mol. The SMILES string of the molecule is OC(CCOCC1CCCCO1)c1ccccc1. The molecule has 2 unspecified atom stereocenters. The van der Waals surface area contributed by atoms with Crippen LogP contribution in [0, 0.1) is 0 Å². The van der Waals surface area contributed by atoms with Crippen molar-refractivity contribution in [2.75, 3.05) is 19.8 Å². The molecule has 0 amide bonds. The predicted molar refractivity (Wildman–Crippen MR) is 70.4 cm³/mol. The number of hydrogen-bond donors (Lipinski definition) is 1. The lowest BCUT2D eigenvalue weighted by atomic mass is 10.1. The Morgan fingerprint density at radius 1 is 1.28 bits per heavy atom. The van der Waals surface area contributed by atoms with Crippen LogP contribution in [0.2, 0.25) is 0 Å². The van der Waals surface area contributed by atoms with Crippen LogP contribution in [-0.4, -0.2) is 31.0 Å². The van der Waals surface area contributed by atoms with Crippen LogP contribution >= 0.6 is 0 Å². The molecule has 1 aromatic carbocycles. The smallest absolute Gasteiger partial charge is 0.0812 e. The van der Waals surface area contributed by atoms with Crippen molar-refractivity contribution >= 4 is 0 Å². The Labute approximate surface area is 109 Å². The van der Waals surface area contributed by atoms with Crippen LogP contribution in [0.4, 0.5) is 0 Å². The summed E-state index contributed by atoms with van der Waals surface area (Å²) in [7, 11) is 0. The lowest BCUT2D eigenvalue weighted by Crippen LogP contribution is -2.24. The topological polar surface area (TPSA) is 38.7 Å². The zero-order chi connectivity index (χ0) is 12.6. The highest BCUT2D eigenvalue weighted by atomic mass is 16.5. The minimum Gasteiger partial charge on any atom is -0.388 e. The summed E-state index contributed by atoms with van der Waals surface area (Å²) < 4.78 is 11.2. The Morgan fingerprint density at radius 2 is 2.11 bits per heavy atom. The van der Waals surface area contributed by atoms with E-state index in [9.17, 15) is 5.11 Å². The first-order chi connectivity index (χ1) is 8.86. The van der Waals surface area contributed by atoms with Crippen molar-refractivity contribution in [3.63, 3.8) is 0 Å². The van der Waals surface area contributed by atoms with E-state index in [-0.39, 0.29) is 6.10 Å². The molecule has 0 aliphatic carbocycles. The molecule has 0 saturated carbocycles. The van der Waals surface area contributed by atoms with E-state index in [2.05, 4.69) is 0 Å². The number of ether oxygens (including phenoxy) is 2. The van der Waals surface area contributed by atoms with E-state index in [0.717, 1.165) is 18.6 Å². The van der Waals surface area contributed by atoms with Crippen LogP contribution in [0.1, 0.15) is 37.4 Å². The molecule has 1 aliphatic rings. The van der Waals surface area contributed by atoms with Gasteiger partial charge in [-0.05, 0) is 24.8 Å². The van der Waals surface area contributed by atoms with Crippen molar-refractivity contribution in [1.82, 2.24) is 0 Å². The number of aliphatic hydroxyl groups is 1. The van der Waals surface area contributed by atoms with Gasteiger partial charge in [-0.3, -0.25) is 0 Å². The third-order valence-corrected chi connectivity index (χ3v) is 3.30. The van der Waals surface area contributed by atoms with Crippen LogP contribution in [-0.2, 0) is 9.47 Å². The average Bonchev–Trinajstić information content (AvgIpc) is 2.45. The fourth-order valence-corrected chi connectivity index (χ4v) is 2.19. The van der Waals surface area contributed by atoms with Gasteiger partial charge in [0.05, 0.1) is 18.8 Å². The summed E-state index contributed by atoms with van der Waals surface area (Å²) in [6.07, 6.45) is 3.97. The monoisotopic (exact) mass is 250 g/mol. The summed E-state index contributed by atoms with van der Waals surface area (Å²) in [5.41, 5.74) is 0.954. The fourth-order valence-electron chi connectivity index (χ4n) is 2.19. The molecule has 1 aromatic rings. The van der Waals surface area contributed by atoms with E-state index in [4.69, 9.17) is 9.47 Å². The van der Waals surface area contributed by atoms with E-state index in [1.54, 1.807) is 0 Å². The molecule has 2 rings (SSSR count). The number of benzene rings is 1. The number of aliphatic hydroxyl groups excluding tert-OH is 1. The van der Waals surface area contributed by atoms with Crippen molar-refractivity contribution in [3.8, 4) is 0 Å². The number of hydrogen-bond acceptors (Lipinski definition) is 3. The highest BCUT2D eigenvalue weighted by molar-refractivity contribution is 5.16. The minimum absolute atomic E-state index is 0.257. The van der Waals surface area contributed by atoms with Crippen LogP contribution in [0.5, 0.6) is 0 Å². The van der Waals surface area contributed by atoms with Crippen molar-refractivity contribution in [3.05, 3.63) is 35.9 Å². The Balaban J connectivity index is 1.60. The summed E-state index contributed by atoms with van der Waals surface area (Å²) in [6.45, 7) is 2.10. The lowest BCUT2D eigenvalue weighted by molar-refractivity contribution is -0.0451. The Kier molecular flexibility index (Phi) is 5.65. The zero-order valence-corrected chi connectivity index (χ0v) is 10.8. The standard InChI is InChI=1S/C15H22O3/c16-15(13-6-2-1-3-7-13)9-11-17-12-14-8-4-5-10-18-14/h1-3,6-7,14-16H,4-5,8-12H2. The minimum atomic E-state index is -0.432. The van der Waals surface area contributed by atoms with Crippen molar-refractivity contribution < 1.29 is 14.6 Å². The molecule has 1 heterocycles. The van der Waals surface area contributed by atoms with Gasteiger partial charge in [0.2, 0.25) is 0 Å². The third-order valence-electron chi connectivity index (χ3n) is 3.30. The van der Waals surface area contributed by atoms with Crippen LogP contribution in [0.3, 0.4) is 0 Å². The first-order valence-electron chi connectivity index (χ1n) is 6.78. The first kappa shape index (κ1) is 13.5. The second-order valence-corrected chi connectivity index (χ2v) is 4.78. The van der Waals surface area contributed by atoms with Gasteiger partial charge in [0.25, 0.3) is 0 Å². The molecule has 0 radical (unpaired) electrons. The van der Waals surface area contributed by atoms with Gasteiger partial charge in [-0.15, -0.1) is 0 Å². The Morgan fingerprint density at radius 3 is 2.83 bits per heavy atom.